The van der Waals surface area contributed by atoms with Gasteiger partial charge in [0.25, 0.3) is 5.91 Å². The van der Waals surface area contributed by atoms with Gasteiger partial charge in [0.15, 0.2) is 12.4 Å². The van der Waals surface area contributed by atoms with Gasteiger partial charge in [0.1, 0.15) is 11.6 Å². The predicted molar refractivity (Wildman–Crippen MR) is 84.7 cm³/mol. The molecule has 0 spiro atoms. The number of benzene rings is 2. The van der Waals surface area contributed by atoms with E-state index in [1.54, 1.807) is 18.2 Å². The number of carbonyl (C=O) groups is 2. The number of nitrogens with one attached hydrogen (secondary N) is 1. The second kappa shape index (κ2) is 7.17. The Kier molecular flexibility index (Phi) is 5.27. The van der Waals surface area contributed by atoms with Crippen molar-refractivity contribution < 1.29 is 18.7 Å². The molecule has 0 aromatic heterocycles. The topological polar surface area (TPSA) is 55.4 Å². The van der Waals surface area contributed by atoms with Crippen molar-refractivity contribution in [2.75, 3.05) is 11.9 Å². The second-order valence-corrected chi connectivity index (χ2v) is 5.37. The van der Waals surface area contributed by atoms with Crippen LogP contribution in [-0.4, -0.2) is 18.3 Å². The lowest BCUT2D eigenvalue weighted by Crippen LogP contribution is -2.21. The minimum atomic E-state index is -0.532. The highest BCUT2D eigenvalue weighted by atomic mass is 79.9. The Balaban J connectivity index is 2.03. The van der Waals surface area contributed by atoms with Gasteiger partial charge in [-0.25, -0.2) is 4.39 Å². The van der Waals surface area contributed by atoms with Crippen LogP contribution in [0.1, 0.15) is 17.3 Å². The number of ether oxygens (including phenoxy) is 1. The maximum atomic E-state index is 13.1. The van der Waals surface area contributed by atoms with Crippen LogP contribution in [0.2, 0.25) is 0 Å². The molecule has 2 rings (SSSR count). The lowest BCUT2D eigenvalue weighted by molar-refractivity contribution is -0.118. The first kappa shape index (κ1) is 16.2. The molecule has 0 heterocycles. The molecule has 6 heteroatoms. The van der Waals surface area contributed by atoms with Crippen LogP contribution < -0.4 is 10.1 Å². The highest BCUT2D eigenvalue weighted by Gasteiger charge is 2.12. The molecule has 1 amide bonds. The van der Waals surface area contributed by atoms with Gasteiger partial charge in [0.05, 0.1) is 11.3 Å². The van der Waals surface area contributed by atoms with E-state index in [9.17, 15) is 14.0 Å². The van der Waals surface area contributed by atoms with E-state index in [0.29, 0.717) is 5.69 Å². The number of anilines is 1. The third kappa shape index (κ3) is 4.14. The van der Waals surface area contributed by atoms with Crippen LogP contribution in [0.4, 0.5) is 10.1 Å². The fraction of sp³-hybridized carbons (Fsp3) is 0.125. The summed E-state index contributed by atoms with van der Waals surface area (Å²) in [5.74, 6) is -1.07. The molecule has 0 saturated carbocycles. The first-order chi connectivity index (χ1) is 10.5. The Hall–Kier alpha value is -2.21. The monoisotopic (exact) mass is 365 g/mol. The van der Waals surface area contributed by atoms with Crippen molar-refractivity contribution >= 4 is 33.3 Å². The molecule has 0 aliphatic rings. The molecule has 0 fully saturated rings. The first-order valence-electron chi connectivity index (χ1n) is 6.45. The standard InChI is InChI=1S/C16H13BrFNO3/c1-10(20)12-8-11(18)6-7-15(12)22-9-16(21)19-14-5-3-2-4-13(14)17/h2-8H,9H2,1H3,(H,19,21). The van der Waals surface area contributed by atoms with Gasteiger partial charge < -0.3 is 10.1 Å². The van der Waals surface area contributed by atoms with Gasteiger partial charge in [-0.05, 0) is 53.2 Å². The Morgan fingerprint density at radius 2 is 1.95 bits per heavy atom. The van der Waals surface area contributed by atoms with Crippen LogP contribution in [0.3, 0.4) is 0 Å². The highest BCUT2D eigenvalue weighted by molar-refractivity contribution is 9.10. The largest absolute Gasteiger partial charge is 0.483 e. The molecule has 22 heavy (non-hydrogen) atoms. The third-order valence-electron chi connectivity index (χ3n) is 2.83. The van der Waals surface area contributed by atoms with Crippen LogP contribution in [0.15, 0.2) is 46.9 Å². The number of rotatable bonds is 5. The van der Waals surface area contributed by atoms with Crippen molar-refractivity contribution in [1.82, 2.24) is 0 Å². The summed E-state index contributed by atoms with van der Waals surface area (Å²) in [7, 11) is 0. The van der Waals surface area contributed by atoms with Gasteiger partial charge in [-0.15, -0.1) is 0 Å². The molecule has 0 aliphatic heterocycles. The van der Waals surface area contributed by atoms with E-state index >= 15 is 0 Å². The average Bonchev–Trinajstić information content (AvgIpc) is 2.48. The lowest BCUT2D eigenvalue weighted by Gasteiger charge is -2.11. The number of carbonyl (C=O) groups excluding carboxylic acids is 2. The van der Waals surface area contributed by atoms with Gasteiger partial charge in [0.2, 0.25) is 0 Å². The summed E-state index contributed by atoms with van der Waals surface area (Å²) in [6.45, 7) is 1.02. The minimum absolute atomic E-state index is 0.105. The van der Waals surface area contributed by atoms with E-state index in [4.69, 9.17) is 4.74 Å². The summed E-state index contributed by atoms with van der Waals surface area (Å²) in [5.41, 5.74) is 0.718. The zero-order valence-corrected chi connectivity index (χ0v) is 13.3. The molecule has 1 N–H and O–H groups in total. The number of amides is 1. The van der Waals surface area contributed by atoms with E-state index in [1.807, 2.05) is 6.07 Å². The molecule has 0 unspecified atom stereocenters. The van der Waals surface area contributed by atoms with Crippen molar-refractivity contribution in [3.8, 4) is 5.75 Å². The first-order valence-corrected chi connectivity index (χ1v) is 7.24. The fourth-order valence-electron chi connectivity index (χ4n) is 1.80. The van der Waals surface area contributed by atoms with Crippen LogP contribution in [0, 0.1) is 5.82 Å². The third-order valence-corrected chi connectivity index (χ3v) is 3.52. The van der Waals surface area contributed by atoms with Gasteiger partial charge in [0, 0.05) is 4.47 Å². The average molecular weight is 366 g/mol. The van der Waals surface area contributed by atoms with Crippen LogP contribution in [0.5, 0.6) is 5.75 Å². The number of para-hydroxylation sites is 1. The Bertz CT molecular complexity index is 718. The van der Waals surface area contributed by atoms with E-state index in [2.05, 4.69) is 21.2 Å². The quantitative estimate of drug-likeness (QED) is 0.819. The lowest BCUT2D eigenvalue weighted by atomic mass is 10.1. The van der Waals surface area contributed by atoms with Crippen molar-refractivity contribution in [2.24, 2.45) is 0 Å². The molecule has 4 nitrogen and oxygen atoms in total. The van der Waals surface area contributed by atoms with Gasteiger partial charge >= 0.3 is 0 Å². The van der Waals surface area contributed by atoms with Gasteiger partial charge in [-0.2, -0.15) is 0 Å². The summed E-state index contributed by atoms with van der Waals surface area (Å²) >= 11 is 3.32. The summed E-state index contributed by atoms with van der Waals surface area (Å²) < 4.78 is 19.2. The summed E-state index contributed by atoms with van der Waals surface area (Å²) in [6.07, 6.45) is 0. The molecule has 0 radical (unpaired) electrons. The Labute approximate surface area is 135 Å². The van der Waals surface area contributed by atoms with Crippen molar-refractivity contribution in [3.63, 3.8) is 0 Å². The summed E-state index contributed by atoms with van der Waals surface area (Å²) in [6, 6.07) is 10.7. The fourth-order valence-corrected chi connectivity index (χ4v) is 2.18. The number of hydrogen-bond donors (Lipinski definition) is 1. The van der Waals surface area contributed by atoms with E-state index in [0.717, 1.165) is 10.5 Å². The van der Waals surface area contributed by atoms with E-state index in [-0.39, 0.29) is 29.6 Å². The molecule has 114 valence electrons. The molecule has 0 atom stereocenters. The van der Waals surface area contributed by atoms with E-state index < -0.39 is 5.82 Å². The zero-order chi connectivity index (χ0) is 16.1. The van der Waals surface area contributed by atoms with Crippen molar-refractivity contribution in [1.29, 1.82) is 0 Å². The maximum Gasteiger partial charge on any atom is 0.262 e. The number of ketones is 1. The SMILES string of the molecule is CC(=O)c1cc(F)ccc1OCC(=O)Nc1ccccc1Br. The molecule has 0 bridgehead atoms. The van der Waals surface area contributed by atoms with Gasteiger partial charge in [-0.3, -0.25) is 9.59 Å². The van der Waals surface area contributed by atoms with E-state index in [1.165, 1.54) is 19.1 Å². The molecule has 0 aliphatic carbocycles. The molecule has 2 aromatic carbocycles. The number of halogens is 2. The Morgan fingerprint density at radius 1 is 1.23 bits per heavy atom. The Morgan fingerprint density at radius 3 is 2.64 bits per heavy atom. The van der Waals surface area contributed by atoms with Crippen LogP contribution in [0.25, 0.3) is 0 Å². The minimum Gasteiger partial charge on any atom is -0.483 e. The van der Waals surface area contributed by atoms with Crippen LogP contribution >= 0.6 is 15.9 Å². The van der Waals surface area contributed by atoms with Crippen molar-refractivity contribution in [2.45, 2.75) is 6.92 Å². The molecular formula is C16H13BrFNO3. The summed E-state index contributed by atoms with van der Waals surface area (Å²) in [4.78, 5) is 23.3. The number of hydrogen-bond acceptors (Lipinski definition) is 3. The molecule has 0 saturated heterocycles. The zero-order valence-electron chi connectivity index (χ0n) is 11.7. The molecular weight excluding hydrogens is 353 g/mol. The molecule has 2 aromatic rings. The number of Topliss-reactive ketones (excluding diaryl/α,β-unsaturated/α-hetero) is 1. The summed E-state index contributed by atoms with van der Waals surface area (Å²) in [5, 5.41) is 2.67. The van der Waals surface area contributed by atoms with Gasteiger partial charge in [-0.1, -0.05) is 12.1 Å². The predicted octanol–water partition coefficient (Wildman–Crippen LogP) is 3.81. The van der Waals surface area contributed by atoms with Crippen molar-refractivity contribution in [3.05, 3.63) is 58.3 Å². The maximum absolute atomic E-state index is 13.1. The smallest absolute Gasteiger partial charge is 0.262 e. The highest BCUT2D eigenvalue weighted by Crippen LogP contribution is 2.22. The van der Waals surface area contributed by atoms with Crippen LogP contribution in [-0.2, 0) is 4.79 Å². The normalized spacial score (nSPS) is 10.1. The second-order valence-electron chi connectivity index (χ2n) is 4.51.